The first-order valence-electron chi connectivity index (χ1n) is 5.21. The van der Waals surface area contributed by atoms with Crippen LogP contribution in [0.2, 0.25) is 0 Å². The smallest absolute Gasteiger partial charge is 0.120 e. The molecule has 0 aliphatic rings. The third-order valence-corrected chi connectivity index (χ3v) is 2.59. The van der Waals surface area contributed by atoms with Crippen LogP contribution in [0.25, 0.3) is 0 Å². The van der Waals surface area contributed by atoms with Crippen molar-refractivity contribution >= 4 is 21.6 Å². The van der Waals surface area contributed by atoms with Gasteiger partial charge in [-0.15, -0.1) is 12.4 Å². The fourth-order valence-electron chi connectivity index (χ4n) is 1.33. The fraction of sp³-hybridized carbons (Fsp3) is 0.500. The van der Waals surface area contributed by atoms with Gasteiger partial charge in [0.2, 0.25) is 0 Å². The van der Waals surface area contributed by atoms with Crippen molar-refractivity contribution < 1.29 is 4.74 Å². The van der Waals surface area contributed by atoms with Crippen LogP contribution in [0.1, 0.15) is 31.7 Å². The predicted molar refractivity (Wildman–Crippen MR) is 72.1 cm³/mol. The van der Waals surface area contributed by atoms with Crippen molar-refractivity contribution in [3.8, 4) is 5.75 Å². The molecule has 0 aliphatic carbocycles. The van der Waals surface area contributed by atoms with Crippen LogP contribution in [0.5, 0.6) is 5.75 Å². The number of hydrogen-bond acceptors (Lipinski definition) is 1. The molecule has 0 spiro atoms. The second kappa shape index (κ2) is 7.96. The van der Waals surface area contributed by atoms with E-state index in [0.717, 1.165) is 12.2 Å². The van der Waals surface area contributed by atoms with E-state index in [1.807, 2.05) is 12.1 Å². The van der Waals surface area contributed by atoms with Gasteiger partial charge in [-0.2, -0.15) is 0 Å². The highest BCUT2D eigenvalue weighted by molar-refractivity contribution is 7.17. The molecular weight excluding hydrogens is 227 g/mol. The van der Waals surface area contributed by atoms with Gasteiger partial charge in [0.05, 0.1) is 0 Å². The van der Waals surface area contributed by atoms with Gasteiger partial charge in [-0.05, 0) is 37.5 Å². The standard InChI is InChI=1S/C12H19OP.ClH/c1-3-4-8-12(14)13-11-7-5-6-10(2)9-11;/h5-7,9,12H,3-4,8,14H2,1-2H3;1H. The Balaban J connectivity index is 0.00000196. The summed E-state index contributed by atoms with van der Waals surface area (Å²) in [5.74, 6) is 1.22. The lowest BCUT2D eigenvalue weighted by atomic mass is 10.2. The largest absolute Gasteiger partial charge is 0.487 e. The summed E-state index contributed by atoms with van der Waals surface area (Å²) in [6.45, 7) is 4.28. The van der Waals surface area contributed by atoms with Crippen LogP contribution in [-0.4, -0.2) is 5.85 Å². The molecule has 1 aromatic rings. The van der Waals surface area contributed by atoms with Crippen molar-refractivity contribution in [1.82, 2.24) is 0 Å². The topological polar surface area (TPSA) is 9.23 Å². The Morgan fingerprint density at radius 2 is 2.13 bits per heavy atom. The maximum absolute atomic E-state index is 5.76. The molecule has 0 aromatic heterocycles. The maximum Gasteiger partial charge on any atom is 0.120 e. The quantitative estimate of drug-likeness (QED) is 0.708. The molecule has 0 bridgehead atoms. The first-order valence-corrected chi connectivity index (χ1v) is 5.88. The monoisotopic (exact) mass is 246 g/mol. The summed E-state index contributed by atoms with van der Waals surface area (Å²) in [5.41, 5.74) is 1.25. The Bertz CT molecular complexity index is 278. The third kappa shape index (κ3) is 6.02. The van der Waals surface area contributed by atoms with Crippen molar-refractivity contribution in [1.29, 1.82) is 0 Å². The van der Waals surface area contributed by atoms with Gasteiger partial charge in [-0.3, -0.25) is 0 Å². The Morgan fingerprint density at radius 1 is 1.40 bits per heavy atom. The molecule has 3 heteroatoms. The molecule has 0 heterocycles. The molecule has 1 aromatic carbocycles. The fourth-order valence-corrected chi connectivity index (χ4v) is 1.72. The highest BCUT2D eigenvalue weighted by Crippen LogP contribution is 2.19. The first-order chi connectivity index (χ1) is 6.72. The van der Waals surface area contributed by atoms with Crippen molar-refractivity contribution in [3.63, 3.8) is 0 Å². The average Bonchev–Trinajstić information content (AvgIpc) is 2.15. The van der Waals surface area contributed by atoms with Crippen LogP contribution in [-0.2, 0) is 0 Å². The van der Waals surface area contributed by atoms with E-state index in [1.165, 1.54) is 18.4 Å². The summed E-state index contributed by atoms with van der Waals surface area (Å²) in [4.78, 5) is 0. The molecule has 0 amide bonds. The van der Waals surface area contributed by atoms with E-state index >= 15 is 0 Å². The van der Waals surface area contributed by atoms with Crippen molar-refractivity contribution in [2.75, 3.05) is 0 Å². The van der Waals surface area contributed by atoms with E-state index in [2.05, 4.69) is 35.2 Å². The lowest BCUT2D eigenvalue weighted by Crippen LogP contribution is -2.07. The van der Waals surface area contributed by atoms with E-state index in [9.17, 15) is 0 Å². The van der Waals surface area contributed by atoms with E-state index in [0.29, 0.717) is 0 Å². The SMILES string of the molecule is CCCCC(P)Oc1cccc(C)c1.Cl. The number of rotatable bonds is 5. The van der Waals surface area contributed by atoms with Crippen LogP contribution in [0.3, 0.4) is 0 Å². The molecule has 0 saturated heterocycles. The number of hydrogen-bond donors (Lipinski definition) is 0. The van der Waals surface area contributed by atoms with E-state index < -0.39 is 0 Å². The average molecular weight is 247 g/mol. The summed E-state index contributed by atoms with van der Waals surface area (Å²) >= 11 is 0. The van der Waals surface area contributed by atoms with E-state index in [4.69, 9.17) is 4.74 Å². The van der Waals surface area contributed by atoms with E-state index in [1.54, 1.807) is 0 Å². The minimum Gasteiger partial charge on any atom is -0.487 e. The summed E-state index contributed by atoms with van der Waals surface area (Å²) in [5, 5.41) is 0. The molecule has 0 radical (unpaired) electrons. The highest BCUT2D eigenvalue weighted by atomic mass is 35.5. The number of aryl methyl sites for hydroxylation is 1. The number of benzene rings is 1. The number of ether oxygens (including phenoxy) is 1. The lowest BCUT2D eigenvalue weighted by molar-refractivity contribution is 0.272. The van der Waals surface area contributed by atoms with Crippen LogP contribution in [0, 0.1) is 6.92 Å². The maximum atomic E-state index is 5.76. The molecule has 0 N–H and O–H groups in total. The van der Waals surface area contributed by atoms with Gasteiger partial charge < -0.3 is 4.74 Å². The van der Waals surface area contributed by atoms with E-state index in [-0.39, 0.29) is 18.3 Å². The zero-order valence-corrected chi connectivity index (χ0v) is 11.4. The van der Waals surface area contributed by atoms with Gasteiger partial charge in [0.25, 0.3) is 0 Å². The van der Waals surface area contributed by atoms with Crippen LogP contribution < -0.4 is 4.74 Å². The molecular formula is C12H20ClOP. The predicted octanol–water partition coefficient (Wildman–Crippen LogP) is 4.19. The van der Waals surface area contributed by atoms with Gasteiger partial charge in [-0.25, -0.2) is 0 Å². The molecule has 15 heavy (non-hydrogen) atoms. The Labute approximate surface area is 101 Å². The number of halogens is 1. The van der Waals surface area contributed by atoms with Crippen LogP contribution in [0.15, 0.2) is 24.3 Å². The lowest BCUT2D eigenvalue weighted by Gasteiger charge is -2.14. The summed E-state index contributed by atoms with van der Waals surface area (Å²) in [6.07, 6.45) is 3.55. The molecule has 0 fully saturated rings. The van der Waals surface area contributed by atoms with Crippen LogP contribution in [0.4, 0.5) is 0 Å². The second-order valence-corrected chi connectivity index (χ2v) is 4.36. The van der Waals surface area contributed by atoms with Gasteiger partial charge in [-0.1, -0.05) is 34.7 Å². The minimum atomic E-state index is 0. The van der Waals surface area contributed by atoms with Gasteiger partial charge in [0, 0.05) is 0 Å². The zero-order chi connectivity index (χ0) is 10.4. The van der Waals surface area contributed by atoms with Crippen molar-refractivity contribution in [2.45, 2.75) is 39.0 Å². The van der Waals surface area contributed by atoms with Gasteiger partial charge >= 0.3 is 0 Å². The molecule has 2 atom stereocenters. The van der Waals surface area contributed by atoms with Crippen molar-refractivity contribution in [3.05, 3.63) is 29.8 Å². The zero-order valence-electron chi connectivity index (χ0n) is 9.40. The molecule has 1 rings (SSSR count). The summed E-state index contributed by atoms with van der Waals surface area (Å²) in [7, 11) is 2.75. The Morgan fingerprint density at radius 3 is 2.73 bits per heavy atom. The first kappa shape index (κ1) is 14.7. The van der Waals surface area contributed by atoms with Crippen molar-refractivity contribution in [2.24, 2.45) is 0 Å². The van der Waals surface area contributed by atoms with Gasteiger partial charge in [0.1, 0.15) is 11.6 Å². The normalized spacial score (nSPS) is 11.7. The summed E-state index contributed by atoms with van der Waals surface area (Å²) < 4.78 is 5.76. The molecule has 86 valence electrons. The molecule has 0 saturated carbocycles. The highest BCUT2D eigenvalue weighted by Gasteiger charge is 2.02. The molecule has 0 aliphatic heterocycles. The molecule has 2 unspecified atom stereocenters. The summed E-state index contributed by atoms with van der Waals surface area (Å²) in [6, 6.07) is 8.19. The van der Waals surface area contributed by atoms with Crippen LogP contribution >= 0.6 is 21.6 Å². The second-order valence-electron chi connectivity index (χ2n) is 3.62. The molecule has 1 nitrogen and oxygen atoms in total. The Hall–Kier alpha value is -0.260. The minimum absolute atomic E-state index is 0. The number of unbranched alkanes of at least 4 members (excludes halogenated alkanes) is 1. The third-order valence-electron chi connectivity index (χ3n) is 2.12. The Kier molecular flexibility index (Phi) is 7.82. The van der Waals surface area contributed by atoms with Gasteiger partial charge in [0.15, 0.2) is 0 Å².